The number of hydrogen-bond acceptors (Lipinski definition) is 5. The van der Waals surface area contributed by atoms with Crippen LogP contribution in [0.2, 0.25) is 0 Å². The molecular formula is C23H34N4O3. The van der Waals surface area contributed by atoms with Gasteiger partial charge in [-0.3, -0.25) is 4.90 Å². The fraction of sp³-hybridized carbons (Fsp3) is 0.522. The summed E-state index contributed by atoms with van der Waals surface area (Å²) in [6.45, 7) is 7.56. The normalized spacial score (nSPS) is 18.1. The molecule has 1 aromatic heterocycles. The molecule has 0 spiro atoms. The van der Waals surface area contributed by atoms with E-state index in [-0.39, 0.29) is 12.6 Å². The van der Waals surface area contributed by atoms with Crippen molar-refractivity contribution in [2.24, 2.45) is 4.99 Å². The second kappa shape index (κ2) is 10.5. The molecule has 7 nitrogen and oxygen atoms in total. The molecule has 3 N–H and O–H groups in total. The Morgan fingerprint density at radius 1 is 1.27 bits per heavy atom. The molecular weight excluding hydrogens is 380 g/mol. The maximum Gasteiger partial charge on any atom is 0.191 e. The van der Waals surface area contributed by atoms with Gasteiger partial charge in [0.2, 0.25) is 0 Å². The summed E-state index contributed by atoms with van der Waals surface area (Å²) in [5.41, 5.74) is 0.0645. The van der Waals surface area contributed by atoms with Crippen molar-refractivity contribution >= 4 is 5.96 Å². The van der Waals surface area contributed by atoms with Gasteiger partial charge in [0.05, 0.1) is 26.0 Å². The molecule has 0 amide bonds. The quantitative estimate of drug-likeness (QED) is 0.432. The lowest BCUT2D eigenvalue weighted by molar-refractivity contribution is 0.0437. The molecule has 164 valence electrons. The van der Waals surface area contributed by atoms with Gasteiger partial charge in [-0.15, -0.1) is 0 Å². The van der Waals surface area contributed by atoms with E-state index in [1.807, 2.05) is 19.1 Å². The van der Waals surface area contributed by atoms with Gasteiger partial charge in [0.1, 0.15) is 17.1 Å². The number of guanidine groups is 1. The van der Waals surface area contributed by atoms with Gasteiger partial charge in [0.15, 0.2) is 5.96 Å². The van der Waals surface area contributed by atoms with Crippen molar-refractivity contribution in [2.75, 3.05) is 39.8 Å². The monoisotopic (exact) mass is 414 g/mol. The van der Waals surface area contributed by atoms with Crippen LogP contribution in [-0.2, 0) is 5.60 Å². The maximum absolute atomic E-state index is 10.7. The Morgan fingerprint density at radius 3 is 2.73 bits per heavy atom. The van der Waals surface area contributed by atoms with Crippen molar-refractivity contribution in [3.05, 3.63) is 54.0 Å². The molecule has 1 aliphatic heterocycles. The van der Waals surface area contributed by atoms with Crippen LogP contribution in [0.3, 0.4) is 0 Å². The van der Waals surface area contributed by atoms with Gasteiger partial charge < -0.3 is 24.9 Å². The first-order chi connectivity index (χ1) is 14.5. The van der Waals surface area contributed by atoms with E-state index in [0.29, 0.717) is 18.3 Å². The summed E-state index contributed by atoms with van der Waals surface area (Å²) in [5, 5.41) is 17.4. The Labute approximate surface area is 179 Å². The average molecular weight is 415 g/mol. The highest BCUT2D eigenvalue weighted by molar-refractivity contribution is 5.79. The molecule has 30 heavy (non-hydrogen) atoms. The number of benzene rings is 1. The van der Waals surface area contributed by atoms with E-state index in [4.69, 9.17) is 9.15 Å². The van der Waals surface area contributed by atoms with Crippen molar-refractivity contribution in [3.8, 4) is 5.75 Å². The molecule has 0 radical (unpaired) electrons. The molecule has 0 saturated carbocycles. The number of furan rings is 1. The third kappa shape index (κ3) is 5.77. The lowest BCUT2D eigenvalue weighted by Gasteiger charge is -2.29. The zero-order chi connectivity index (χ0) is 21.4. The largest absolute Gasteiger partial charge is 0.497 e. The van der Waals surface area contributed by atoms with Crippen molar-refractivity contribution in [1.29, 1.82) is 0 Å². The van der Waals surface area contributed by atoms with Crippen molar-refractivity contribution < 1.29 is 14.3 Å². The van der Waals surface area contributed by atoms with E-state index in [1.165, 1.54) is 18.4 Å². The van der Waals surface area contributed by atoms with Crippen LogP contribution in [0.5, 0.6) is 5.75 Å². The van der Waals surface area contributed by atoms with Crippen LogP contribution in [0.25, 0.3) is 0 Å². The van der Waals surface area contributed by atoms with E-state index >= 15 is 0 Å². The number of hydrogen-bond donors (Lipinski definition) is 3. The van der Waals surface area contributed by atoms with Crippen LogP contribution < -0.4 is 15.4 Å². The van der Waals surface area contributed by atoms with Gasteiger partial charge >= 0.3 is 0 Å². The number of ether oxygens (including phenoxy) is 1. The highest BCUT2D eigenvalue weighted by atomic mass is 16.5. The van der Waals surface area contributed by atoms with Gasteiger partial charge in [-0.2, -0.15) is 0 Å². The zero-order valence-electron chi connectivity index (χ0n) is 18.2. The summed E-state index contributed by atoms with van der Waals surface area (Å²) in [7, 11) is 1.70. The topological polar surface area (TPSA) is 82.3 Å². The number of aliphatic imine (C=N–C) groups is 1. The zero-order valence-corrected chi connectivity index (χ0v) is 18.2. The number of rotatable bonds is 9. The SMILES string of the molecule is CCNC(=NCC(C)(O)c1ccco1)NCC(c1cccc(OC)c1)N1CCCC1. The smallest absolute Gasteiger partial charge is 0.191 e. The summed E-state index contributed by atoms with van der Waals surface area (Å²) in [4.78, 5) is 7.11. The molecule has 2 unspecified atom stereocenters. The lowest BCUT2D eigenvalue weighted by Crippen LogP contribution is -2.43. The molecule has 2 atom stereocenters. The summed E-state index contributed by atoms with van der Waals surface area (Å²) in [6.07, 6.45) is 4.01. The minimum atomic E-state index is -1.16. The van der Waals surface area contributed by atoms with Gasteiger partial charge in [-0.05, 0) is 69.6 Å². The fourth-order valence-corrected chi connectivity index (χ4v) is 3.79. The molecule has 0 aliphatic carbocycles. The Hall–Kier alpha value is -2.51. The lowest BCUT2D eigenvalue weighted by atomic mass is 10.0. The number of nitrogens with zero attached hydrogens (tertiary/aromatic N) is 2. The van der Waals surface area contributed by atoms with E-state index in [2.05, 4.69) is 32.7 Å². The molecule has 3 rings (SSSR count). The van der Waals surface area contributed by atoms with Gasteiger partial charge in [0, 0.05) is 13.1 Å². The standard InChI is InChI=1S/C23H34N4O3/c1-4-24-22(26-17-23(2,28)21-11-8-14-30-21)25-16-20(27-12-5-6-13-27)18-9-7-10-19(15-18)29-3/h7-11,14-15,20,28H,4-6,12-13,16-17H2,1-3H3,(H2,24,25,26). The Morgan fingerprint density at radius 2 is 2.07 bits per heavy atom. The number of methoxy groups -OCH3 is 1. The van der Waals surface area contributed by atoms with E-state index in [1.54, 1.807) is 32.4 Å². The molecule has 2 heterocycles. The third-order valence-corrected chi connectivity index (χ3v) is 5.46. The van der Waals surface area contributed by atoms with E-state index < -0.39 is 5.60 Å². The van der Waals surface area contributed by atoms with Crippen molar-refractivity contribution in [3.63, 3.8) is 0 Å². The second-order valence-corrected chi connectivity index (χ2v) is 7.86. The Kier molecular flexibility index (Phi) is 7.76. The Bertz CT molecular complexity index is 799. The number of likely N-dealkylation sites (tertiary alicyclic amines) is 1. The van der Waals surface area contributed by atoms with Crippen LogP contribution in [0.15, 0.2) is 52.1 Å². The summed E-state index contributed by atoms with van der Waals surface area (Å²) in [6, 6.07) is 12.0. The molecule has 7 heteroatoms. The minimum absolute atomic E-state index is 0.198. The second-order valence-electron chi connectivity index (χ2n) is 7.86. The average Bonchev–Trinajstić information content (AvgIpc) is 3.47. The van der Waals surface area contributed by atoms with Crippen molar-refractivity contribution in [1.82, 2.24) is 15.5 Å². The first kappa shape index (κ1) is 22.2. The summed E-state index contributed by atoms with van der Waals surface area (Å²) >= 11 is 0. The minimum Gasteiger partial charge on any atom is -0.497 e. The molecule has 1 aromatic carbocycles. The van der Waals surface area contributed by atoms with E-state index in [9.17, 15) is 5.11 Å². The summed E-state index contributed by atoms with van der Waals surface area (Å²) < 4.78 is 10.8. The predicted molar refractivity (Wildman–Crippen MR) is 119 cm³/mol. The summed E-state index contributed by atoms with van der Waals surface area (Å²) in [5.74, 6) is 2.05. The molecule has 2 aromatic rings. The van der Waals surface area contributed by atoms with Gasteiger partial charge in [0.25, 0.3) is 0 Å². The molecule has 1 aliphatic rings. The van der Waals surface area contributed by atoms with Crippen LogP contribution in [-0.4, -0.2) is 55.8 Å². The first-order valence-corrected chi connectivity index (χ1v) is 10.7. The van der Waals surface area contributed by atoms with Crippen molar-refractivity contribution in [2.45, 2.75) is 38.3 Å². The van der Waals surface area contributed by atoms with Crippen LogP contribution in [0, 0.1) is 0 Å². The van der Waals surface area contributed by atoms with Gasteiger partial charge in [-0.25, -0.2) is 4.99 Å². The predicted octanol–water partition coefficient (Wildman–Crippen LogP) is 2.89. The highest BCUT2D eigenvalue weighted by Gasteiger charge is 2.27. The molecule has 0 bridgehead atoms. The van der Waals surface area contributed by atoms with Crippen LogP contribution >= 0.6 is 0 Å². The fourth-order valence-electron chi connectivity index (χ4n) is 3.79. The van der Waals surface area contributed by atoms with Gasteiger partial charge in [-0.1, -0.05) is 12.1 Å². The maximum atomic E-state index is 10.7. The van der Waals surface area contributed by atoms with Crippen LogP contribution in [0.4, 0.5) is 0 Å². The molecule has 1 saturated heterocycles. The first-order valence-electron chi connectivity index (χ1n) is 10.7. The van der Waals surface area contributed by atoms with Crippen LogP contribution in [0.1, 0.15) is 44.1 Å². The number of aliphatic hydroxyl groups is 1. The van der Waals surface area contributed by atoms with E-state index in [0.717, 1.165) is 25.4 Å². The third-order valence-electron chi connectivity index (χ3n) is 5.46. The Balaban J connectivity index is 1.72. The molecule has 1 fully saturated rings. The number of nitrogens with one attached hydrogen (secondary N) is 2. The highest BCUT2D eigenvalue weighted by Crippen LogP contribution is 2.27.